The van der Waals surface area contributed by atoms with E-state index in [4.69, 9.17) is 34.8 Å². The van der Waals surface area contributed by atoms with Crippen LogP contribution in [0, 0.1) is 0 Å². The van der Waals surface area contributed by atoms with Crippen molar-refractivity contribution < 1.29 is 9.59 Å². The number of nitrogens with zero attached hydrogens (tertiary/aromatic N) is 1. The first-order valence-corrected chi connectivity index (χ1v) is 10.7. The Labute approximate surface area is 187 Å². The van der Waals surface area contributed by atoms with Crippen LogP contribution in [0.4, 0.5) is 0 Å². The van der Waals surface area contributed by atoms with Gasteiger partial charge in [0.05, 0.1) is 6.42 Å². The molecule has 2 amide bonds. The molecule has 0 aromatic heterocycles. The monoisotopic (exact) mass is 454 g/mol. The van der Waals surface area contributed by atoms with Gasteiger partial charge in [-0.15, -0.1) is 0 Å². The predicted molar refractivity (Wildman–Crippen MR) is 120 cm³/mol. The highest BCUT2D eigenvalue weighted by atomic mass is 35.5. The molecule has 0 spiro atoms. The van der Waals surface area contributed by atoms with Gasteiger partial charge in [0.15, 0.2) is 0 Å². The molecule has 4 nitrogen and oxygen atoms in total. The summed E-state index contributed by atoms with van der Waals surface area (Å²) in [5, 5.41) is 4.43. The number of benzene rings is 2. The van der Waals surface area contributed by atoms with Crippen molar-refractivity contribution in [3.05, 3.63) is 68.7 Å². The summed E-state index contributed by atoms with van der Waals surface area (Å²) in [4.78, 5) is 27.3. The van der Waals surface area contributed by atoms with Crippen LogP contribution in [0.15, 0.2) is 42.5 Å². The predicted octanol–water partition coefficient (Wildman–Crippen LogP) is 5.52. The number of carbonyl (C=O) groups is 2. The summed E-state index contributed by atoms with van der Waals surface area (Å²) in [7, 11) is 0. The van der Waals surface area contributed by atoms with Crippen molar-refractivity contribution in [1.29, 1.82) is 0 Å². The number of nitrogens with one attached hydrogen (secondary N) is 1. The summed E-state index contributed by atoms with van der Waals surface area (Å²) < 4.78 is 0. The minimum absolute atomic E-state index is 0.137. The average Bonchev–Trinajstić information content (AvgIpc) is 2.67. The SMILES string of the molecule is CCCCNC(=O)[C@H](C)N(Cc1ccc(Cl)cc1Cl)C(=O)Cc1cccc(Cl)c1. The number of amides is 2. The second-order valence-electron chi connectivity index (χ2n) is 6.88. The highest BCUT2D eigenvalue weighted by Crippen LogP contribution is 2.24. The second-order valence-corrected chi connectivity index (χ2v) is 8.16. The third-order valence-corrected chi connectivity index (χ3v) is 5.42. The van der Waals surface area contributed by atoms with E-state index in [-0.39, 0.29) is 24.8 Å². The normalized spacial score (nSPS) is 11.8. The molecular formula is C22H25Cl3N2O2. The Balaban J connectivity index is 2.23. The van der Waals surface area contributed by atoms with E-state index in [1.54, 1.807) is 43.3 Å². The summed E-state index contributed by atoms with van der Waals surface area (Å²) in [6, 6.07) is 11.6. The molecule has 2 aromatic rings. The van der Waals surface area contributed by atoms with Crippen molar-refractivity contribution in [3.63, 3.8) is 0 Å². The average molecular weight is 456 g/mol. The number of hydrogen-bond donors (Lipinski definition) is 1. The molecule has 1 atom stereocenters. The lowest BCUT2D eigenvalue weighted by molar-refractivity contribution is -0.140. The zero-order chi connectivity index (χ0) is 21.4. The molecule has 2 rings (SSSR count). The molecule has 0 saturated carbocycles. The van der Waals surface area contributed by atoms with Gasteiger partial charge in [0.1, 0.15) is 6.04 Å². The van der Waals surface area contributed by atoms with E-state index in [0.717, 1.165) is 24.0 Å². The molecule has 0 radical (unpaired) electrons. The van der Waals surface area contributed by atoms with Gasteiger partial charge < -0.3 is 10.2 Å². The first-order valence-electron chi connectivity index (χ1n) is 9.57. The third kappa shape index (κ3) is 7.22. The maximum Gasteiger partial charge on any atom is 0.242 e. The molecular weight excluding hydrogens is 431 g/mol. The van der Waals surface area contributed by atoms with Crippen molar-refractivity contribution in [1.82, 2.24) is 10.2 Å². The summed E-state index contributed by atoms with van der Waals surface area (Å²) in [5.41, 5.74) is 1.51. The number of rotatable bonds is 9. The highest BCUT2D eigenvalue weighted by Gasteiger charge is 2.26. The largest absolute Gasteiger partial charge is 0.354 e. The molecule has 0 aliphatic carbocycles. The van der Waals surface area contributed by atoms with Gasteiger partial charge in [0, 0.05) is 28.2 Å². The van der Waals surface area contributed by atoms with Gasteiger partial charge in [-0.05, 0) is 48.7 Å². The lowest BCUT2D eigenvalue weighted by atomic mass is 10.1. The molecule has 0 saturated heterocycles. The molecule has 2 aromatic carbocycles. The molecule has 0 bridgehead atoms. The van der Waals surface area contributed by atoms with Crippen LogP contribution in [0.2, 0.25) is 15.1 Å². The summed E-state index contributed by atoms with van der Waals surface area (Å²) in [6.07, 6.45) is 2.00. The van der Waals surface area contributed by atoms with E-state index in [1.165, 1.54) is 4.90 Å². The molecule has 156 valence electrons. The second kappa shape index (κ2) is 11.4. The van der Waals surface area contributed by atoms with E-state index < -0.39 is 6.04 Å². The lowest BCUT2D eigenvalue weighted by Gasteiger charge is -2.29. The molecule has 0 aliphatic rings. The smallest absolute Gasteiger partial charge is 0.242 e. The number of carbonyl (C=O) groups excluding carboxylic acids is 2. The molecule has 0 heterocycles. The number of halogens is 3. The zero-order valence-corrected chi connectivity index (χ0v) is 18.8. The fourth-order valence-corrected chi connectivity index (χ4v) is 3.56. The molecule has 0 fully saturated rings. The van der Waals surface area contributed by atoms with Crippen LogP contribution in [0.5, 0.6) is 0 Å². The quantitative estimate of drug-likeness (QED) is 0.506. The van der Waals surface area contributed by atoms with Crippen LogP contribution < -0.4 is 5.32 Å². The van der Waals surface area contributed by atoms with Crippen LogP contribution in [0.25, 0.3) is 0 Å². The van der Waals surface area contributed by atoms with Crippen molar-refractivity contribution in [2.24, 2.45) is 0 Å². The maximum atomic E-state index is 13.1. The number of unbranched alkanes of at least 4 members (excludes halogenated alkanes) is 1. The fourth-order valence-electron chi connectivity index (χ4n) is 2.88. The van der Waals surface area contributed by atoms with E-state index >= 15 is 0 Å². The first kappa shape index (κ1) is 23.5. The standard InChI is InChI=1S/C22H25Cl3N2O2/c1-3-4-10-26-22(29)15(2)27(14-17-8-9-19(24)13-20(17)25)21(28)12-16-6-5-7-18(23)11-16/h5-9,11,13,15H,3-4,10,12,14H2,1-2H3,(H,26,29)/t15-/m0/s1. The highest BCUT2D eigenvalue weighted by molar-refractivity contribution is 6.35. The molecule has 0 aliphatic heterocycles. The Morgan fingerprint density at radius 2 is 1.79 bits per heavy atom. The van der Waals surface area contributed by atoms with Crippen molar-refractivity contribution in [2.45, 2.75) is 45.7 Å². The van der Waals surface area contributed by atoms with Gasteiger partial charge in [-0.3, -0.25) is 9.59 Å². The van der Waals surface area contributed by atoms with Gasteiger partial charge in [0.25, 0.3) is 0 Å². The molecule has 29 heavy (non-hydrogen) atoms. The lowest BCUT2D eigenvalue weighted by Crippen LogP contribution is -2.48. The Morgan fingerprint density at radius 1 is 1.07 bits per heavy atom. The van der Waals surface area contributed by atoms with Crippen molar-refractivity contribution in [2.75, 3.05) is 6.54 Å². The summed E-state index contributed by atoms with van der Waals surface area (Å²) in [5.74, 6) is -0.376. The van der Waals surface area contributed by atoms with E-state index in [0.29, 0.717) is 21.6 Å². The molecule has 0 unspecified atom stereocenters. The maximum absolute atomic E-state index is 13.1. The van der Waals surface area contributed by atoms with Crippen molar-refractivity contribution in [3.8, 4) is 0 Å². The van der Waals surface area contributed by atoms with Crippen molar-refractivity contribution >= 4 is 46.6 Å². The minimum Gasteiger partial charge on any atom is -0.354 e. The zero-order valence-electron chi connectivity index (χ0n) is 16.6. The fraction of sp³-hybridized carbons (Fsp3) is 0.364. The Kier molecular flexibility index (Phi) is 9.28. The number of hydrogen-bond acceptors (Lipinski definition) is 2. The van der Waals surface area contributed by atoms with E-state index in [2.05, 4.69) is 12.2 Å². The van der Waals surface area contributed by atoms with Crippen LogP contribution >= 0.6 is 34.8 Å². The Bertz CT molecular complexity index is 858. The third-order valence-electron chi connectivity index (χ3n) is 4.60. The van der Waals surface area contributed by atoms with Crippen LogP contribution in [-0.2, 0) is 22.6 Å². The van der Waals surface area contributed by atoms with Crippen LogP contribution in [0.3, 0.4) is 0 Å². The molecule has 1 N–H and O–H groups in total. The Hall–Kier alpha value is -1.75. The van der Waals surface area contributed by atoms with Crippen LogP contribution in [0.1, 0.15) is 37.8 Å². The van der Waals surface area contributed by atoms with E-state index in [1.807, 2.05) is 6.07 Å². The summed E-state index contributed by atoms with van der Waals surface area (Å²) in [6.45, 7) is 4.56. The molecule has 7 heteroatoms. The van der Waals surface area contributed by atoms with Gasteiger partial charge >= 0.3 is 0 Å². The first-order chi connectivity index (χ1) is 13.8. The topological polar surface area (TPSA) is 49.4 Å². The van der Waals surface area contributed by atoms with E-state index in [9.17, 15) is 9.59 Å². The summed E-state index contributed by atoms with van der Waals surface area (Å²) >= 11 is 18.3. The van der Waals surface area contributed by atoms with Crippen LogP contribution in [-0.4, -0.2) is 29.3 Å². The van der Waals surface area contributed by atoms with Gasteiger partial charge in [-0.2, -0.15) is 0 Å². The Morgan fingerprint density at radius 3 is 2.45 bits per heavy atom. The van der Waals surface area contributed by atoms with Gasteiger partial charge in [0.2, 0.25) is 11.8 Å². The van der Waals surface area contributed by atoms with Gasteiger partial charge in [-0.1, -0.05) is 66.3 Å². The minimum atomic E-state index is -0.648. The van der Waals surface area contributed by atoms with Gasteiger partial charge in [-0.25, -0.2) is 0 Å².